The van der Waals surface area contributed by atoms with Gasteiger partial charge in [-0.25, -0.2) is 5.01 Å². The Morgan fingerprint density at radius 3 is 2.44 bits per heavy atom. The molecule has 1 N–H and O–H groups in total. The number of hydrogen-bond donors (Lipinski definition) is 1. The van der Waals surface area contributed by atoms with Crippen LogP contribution in [0.5, 0.6) is 0 Å². The first-order chi connectivity index (χ1) is 12.2. The molecular formula is C21H23N3S. The Labute approximate surface area is 154 Å². The third-order valence-electron chi connectivity index (χ3n) is 5.28. The molecule has 25 heavy (non-hydrogen) atoms. The van der Waals surface area contributed by atoms with Crippen LogP contribution in [0.3, 0.4) is 0 Å². The van der Waals surface area contributed by atoms with Gasteiger partial charge in [0.15, 0.2) is 5.11 Å². The minimum atomic E-state index is 0.197. The summed E-state index contributed by atoms with van der Waals surface area (Å²) >= 11 is 5.74. The number of nitrogens with one attached hydrogen (secondary N) is 1. The normalized spacial score (nSPS) is 25.2. The van der Waals surface area contributed by atoms with Gasteiger partial charge in [0, 0.05) is 17.3 Å². The molecule has 2 aromatic rings. The van der Waals surface area contributed by atoms with Crippen LogP contribution < -0.4 is 5.32 Å². The molecule has 1 fully saturated rings. The maximum Gasteiger partial charge on any atom is 0.194 e. The Morgan fingerprint density at radius 1 is 1.04 bits per heavy atom. The first-order valence-corrected chi connectivity index (χ1v) is 9.43. The Balaban J connectivity index is 1.66. The quantitative estimate of drug-likeness (QED) is 0.752. The highest BCUT2D eigenvalue weighted by Crippen LogP contribution is 2.44. The molecule has 0 radical (unpaired) electrons. The second kappa shape index (κ2) is 6.96. The van der Waals surface area contributed by atoms with Gasteiger partial charge < -0.3 is 5.32 Å². The SMILES string of the molecule is CC1CCC[C@H]2C1=NN(C(=S)Nc1ccccc1)[C@H]2c1ccccc1. The lowest BCUT2D eigenvalue weighted by molar-refractivity contribution is 0.299. The topological polar surface area (TPSA) is 27.6 Å². The molecule has 1 aliphatic carbocycles. The molecule has 0 spiro atoms. The zero-order valence-electron chi connectivity index (χ0n) is 14.4. The predicted molar refractivity (Wildman–Crippen MR) is 108 cm³/mol. The number of hydrazone groups is 1. The molecule has 0 bridgehead atoms. The summed E-state index contributed by atoms with van der Waals surface area (Å²) in [6.45, 7) is 2.30. The summed E-state index contributed by atoms with van der Waals surface area (Å²) in [6, 6.07) is 20.9. The van der Waals surface area contributed by atoms with E-state index in [-0.39, 0.29) is 6.04 Å². The molecule has 4 rings (SSSR count). The number of thiocarbonyl (C=S) groups is 1. The van der Waals surface area contributed by atoms with E-state index in [0.717, 1.165) is 5.69 Å². The molecule has 4 heteroatoms. The van der Waals surface area contributed by atoms with Crippen molar-refractivity contribution in [3.63, 3.8) is 0 Å². The molecular weight excluding hydrogens is 326 g/mol. The van der Waals surface area contributed by atoms with Crippen LogP contribution in [0.1, 0.15) is 37.8 Å². The minimum Gasteiger partial charge on any atom is -0.331 e. The van der Waals surface area contributed by atoms with Crippen molar-refractivity contribution in [1.82, 2.24) is 5.01 Å². The van der Waals surface area contributed by atoms with E-state index < -0.39 is 0 Å². The Bertz CT molecular complexity index is 772. The van der Waals surface area contributed by atoms with Crippen LogP contribution >= 0.6 is 12.2 Å². The third-order valence-corrected chi connectivity index (χ3v) is 5.57. The summed E-state index contributed by atoms with van der Waals surface area (Å²) < 4.78 is 0. The third kappa shape index (κ3) is 3.19. The molecule has 1 heterocycles. The molecule has 2 aliphatic rings. The summed E-state index contributed by atoms with van der Waals surface area (Å²) in [4.78, 5) is 0. The highest BCUT2D eigenvalue weighted by Gasteiger charge is 2.43. The largest absolute Gasteiger partial charge is 0.331 e. The fourth-order valence-electron chi connectivity index (χ4n) is 4.05. The van der Waals surface area contributed by atoms with Gasteiger partial charge in [-0.3, -0.25) is 0 Å². The lowest BCUT2D eigenvalue weighted by atomic mass is 9.76. The van der Waals surface area contributed by atoms with Crippen molar-refractivity contribution in [1.29, 1.82) is 0 Å². The molecule has 0 amide bonds. The summed E-state index contributed by atoms with van der Waals surface area (Å²) in [7, 11) is 0. The lowest BCUT2D eigenvalue weighted by Crippen LogP contribution is -2.35. The van der Waals surface area contributed by atoms with E-state index in [2.05, 4.69) is 42.6 Å². The zero-order chi connectivity index (χ0) is 17.2. The van der Waals surface area contributed by atoms with Gasteiger partial charge >= 0.3 is 0 Å². The number of fused-ring (bicyclic) bond motifs is 1. The highest BCUT2D eigenvalue weighted by atomic mass is 32.1. The number of benzene rings is 2. The minimum absolute atomic E-state index is 0.197. The number of rotatable bonds is 2. The van der Waals surface area contributed by atoms with Crippen LogP contribution in [0.15, 0.2) is 65.8 Å². The fourth-order valence-corrected chi connectivity index (χ4v) is 4.32. The molecule has 3 nitrogen and oxygen atoms in total. The van der Waals surface area contributed by atoms with Gasteiger partial charge in [0.05, 0.1) is 6.04 Å². The molecule has 2 aromatic carbocycles. The van der Waals surface area contributed by atoms with Crippen LogP contribution in [0.25, 0.3) is 0 Å². The van der Waals surface area contributed by atoms with Gasteiger partial charge in [0.25, 0.3) is 0 Å². The van der Waals surface area contributed by atoms with Crippen LogP contribution in [0.2, 0.25) is 0 Å². The predicted octanol–water partition coefficient (Wildman–Crippen LogP) is 5.23. The fraction of sp³-hybridized carbons (Fsp3) is 0.333. The van der Waals surface area contributed by atoms with Gasteiger partial charge in [0.1, 0.15) is 0 Å². The second-order valence-electron chi connectivity index (χ2n) is 6.96. The number of hydrogen-bond acceptors (Lipinski definition) is 2. The van der Waals surface area contributed by atoms with Crippen LogP contribution in [0.4, 0.5) is 5.69 Å². The Hall–Kier alpha value is -2.20. The first-order valence-electron chi connectivity index (χ1n) is 9.02. The molecule has 128 valence electrons. The van der Waals surface area contributed by atoms with Crippen molar-refractivity contribution in [2.45, 2.75) is 32.2 Å². The summed E-state index contributed by atoms with van der Waals surface area (Å²) in [5.41, 5.74) is 3.61. The molecule has 3 atom stereocenters. The average molecular weight is 350 g/mol. The smallest absolute Gasteiger partial charge is 0.194 e. The van der Waals surface area contributed by atoms with E-state index in [9.17, 15) is 0 Å². The Kier molecular flexibility index (Phi) is 4.53. The monoisotopic (exact) mass is 349 g/mol. The van der Waals surface area contributed by atoms with Crippen molar-refractivity contribution < 1.29 is 0 Å². The lowest BCUT2D eigenvalue weighted by Gasteiger charge is -2.31. The van der Waals surface area contributed by atoms with E-state index in [1.54, 1.807) is 0 Å². The van der Waals surface area contributed by atoms with E-state index >= 15 is 0 Å². The van der Waals surface area contributed by atoms with E-state index in [4.69, 9.17) is 17.3 Å². The van der Waals surface area contributed by atoms with Gasteiger partial charge in [-0.1, -0.05) is 61.9 Å². The second-order valence-corrected chi connectivity index (χ2v) is 7.35. The number of para-hydroxylation sites is 1. The van der Waals surface area contributed by atoms with Crippen molar-refractivity contribution >= 4 is 28.7 Å². The van der Waals surface area contributed by atoms with Crippen LogP contribution in [0, 0.1) is 11.8 Å². The van der Waals surface area contributed by atoms with Crippen LogP contribution in [-0.4, -0.2) is 15.8 Å². The number of nitrogens with zero attached hydrogens (tertiary/aromatic N) is 2. The molecule has 1 unspecified atom stereocenters. The molecule has 0 aromatic heterocycles. The van der Waals surface area contributed by atoms with Crippen molar-refractivity contribution in [3.05, 3.63) is 66.2 Å². The van der Waals surface area contributed by atoms with E-state index in [1.165, 1.54) is 30.5 Å². The first kappa shape index (κ1) is 16.3. The molecule has 1 aliphatic heterocycles. The summed E-state index contributed by atoms with van der Waals surface area (Å²) in [6.07, 6.45) is 3.68. The van der Waals surface area contributed by atoms with Gasteiger partial charge in [0.2, 0.25) is 0 Å². The van der Waals surface area contributed by atoms with Crippen molar-refractivity contribution in [3.8, 4) is 0 Å². The average Bonchev–Trinajstić information content (AvgIpc) is 3.04. The molecule has 1 saturated carbocycles. The Morgan fingerprint density at radius 2 is 1.72 bits per heavy atom. The maximum absolute atomic E-state index is 5.74. The van der Waals surface area contributed by atoms with Gasteiger partial charge in [-0.15, -0.1) is 0 Å². The van der Waals surface area contributed by atoms with Crippen molar-refractivity contribution in [2.24, 2.45) is 16.9 Å². The van der Waals surface area contributed by atoms with E-state index in [0.29, 0.717) is 16.9 Å². The summed E-state index contributed by atoms with van der Waals surface area (Å²) in [5, 5.41) is 11.1. The maximum atomic E-state index is 5.74. The zero-order valence-corrected chi connectivity index (χ0v) is 15.2. The summed E-state index contributed by atoms with van der Waals surface area (Å²) in [5.74, 6) is 0.996. The van der Waals surface area contributed by atoms with Crippen LogP contribution in [-0.2, 0) is 0 Å². The van der Waals surface area contributed by atoms with Gasteiger partial charge in [-0.2, -0.15) is 5.10 Å². The van der Waals surface area contributed by atoms with E-state index in [1.807, 2.05) is 35.3 Å². The highest BCUT2D eigenvalue weighted by molar-refractivity contribution is 7.80. The number of anilines is 1. The van der Waals surface area contributed by atoms with Crippen molar-refractivity contribution in [2.75, 3.05) is 5.32 Å². The van der Waals surface area contributed by atoms with Gasteiger partial charge in [-0.05, 0) is 48.7 Å². The standard InChI is InChI=1S/C21H23N3S/c1-15-9-8-14-18-19(15)23-24(20(18)16-10-4-2-5-11-16)21(25)22-17-12-6-3-7-13-17/h2-7,10-13,15,18,20H,8-9,14H2,1H3,(H,22,25)/t15?,18-,20-/m0/s1. The molecule has 0 saturated heterocycles.